The van der Waals surface area contributed by atoms with Crippen molar-refractivity contribution in [2.24, 2.45) is 0 Å². The molecule has 0 aliphatic carbocycles. The number of alkyl halides is 3. The van der Waals surface area contributed by atoms with Gasteiger partial charge in [-0.15, -0.1) is 0 Å². The van der Waals surface area contributed by atoms with Crippen LogP contribution in [0, 0.1) is 0 Å². The molecule has 1 saturated heterocycles. The van der Waals surface area contributed by atoms with Crippen molar-refractivity contribution in [1.82, 2.24) is 10.3 Å². The number of hydrogen-bond acceptors (Lipinski definition) is 5. The minimum absolute atomic E-state index is 0.0863. The Hall–Kier alpha value is -4.13. The molecule has 4 rings (SSSR count). The van der Waals surface area contributed by atoms with Gasteiger partial charge in [0, 0.05) is 24.0 Å². The van der Waals surface area contributed by atoms with Crippen LogP contribution in [0.2, 0.25) is 0 Å². The number of hydrogen-bond donors (Lipinski definition) is 3. The van der Waals surface area contributed by atoms with Crippen LogP contribution in [-0.2, 0) is 21.0 Å². The summed E-state index contributed by atoms with van der Waals surface area (Å²) in [6, 6.07) is 14.2. The Morgan fingerprint density at radius 3 is 2.39 bits per heavy atom. The molecule has 1 fully saturated rings. The van der Waals surface area contributed by atoms with Crippen molar-refractivity contribution in [3.05, 3.63) is 72.4 Å². The van der Waals surface area contributed by atoms with E-state index in [1.165, 1.54) is 4.90 Å². The van der Waals surface area contributed by atoms with Gasteiger partial charge in [0.05, 0.1) is 17.5 Å². The minimum atomic E-state index is -4.54. The quantitative estimate of drug-likeness (QED) is 0.421. The van der Waals surface area contributed by atoms with Crippen molar-refractivity contribution in [2.45, 2.75) is 25.1 Å². The lowest BCUT2D eigenvalue weighted by Gasteiger charge is -2.32. The van der Waals surface area contributed by atoms with Gasteiger partial charge in [0.25, 0.3) is 0 Å². The Morgan fingerprint density at radius 2 is 1.76 bits per heavy atom. The molecule has 1 atom stereocenters. The van der Waals surface area contributed by atoms with Gasteiger partial charge in [0.2, 0.25) is 15.9 Å². The molecule has 9 nitrogen and oxygen atoms in total. The van der Waals surface area contributed by atoms with Crippen LogP contribution in [0.15, 0.2) is 66.9 Å². The number of piperidine rings is 1. The zero-order valence-corrected chi connectivity index (χ0v) is 20.9. The summed E-state index contributed by atoms with van der Waals surface area (Å²) >= 11 is 0. The van der Waals surface area contributed by atoms with Crippen molar-refractivity contribution < 1.29 is 31.2 Å². The van der Waals surface area contributed by atoms with E-state index in [2.05, 4.69) is 20.3 Å². The third kappa shape index (κ3) is 6.59. The highest BCUT2D eigenvalue weighted by molar-refractivity contribution is 7.92. The number of sulfonamides is 1. The number of carbonyl (C=O) groups excluding carboxylic acids is 2. The Balaban J connectivity index is 1.42. The molecule has 0 bridgehead atoms. The van der Waals surface area contributed by atoms with E-state index >= 15 is 0 Å². The van der Waals surface area contributed by atoms with Crippen LogP contribution in [0.5, 0.6) is 0 Å². The van der Waals surface area contributed by atoms with Crippen molar-refractivity contribution in [3.8, 4) is 11.1 Å². The van der Waals surface area contributed by atoms with Crippen LogP contribution in [0.4, 0.5) is 35.2 Å². The van der Waals surface area contributed by atoms with E-state index in [9.17, 15) is 31.2 Å². The maximum atomic E-state index is 13.1. The Morgan fingerprint density at radius 1 is 1.05 bits per heavy atom. The number of halogens is 3. The Bertz CT molecular complexity index is 1430. The summed E-state index contributed by atoms with van der Waals surface area (Å²) in [5, 5.41) is 4.90. The number of urea groups is 1. The first-order chi connectivity index (χ1) is 17.9. The third-order valence-corrected chi connectivity index (χ3v) is 6.38. The lowest BCUT2D eigenvalue weighted by atomic mass is 10.0. The van der Waals surface area contributed by atoms with Gasteiger partial charge in [-0.2, -0.15) is 13.2 Å². The summed E-state index contributed by atoms with van der Waals surface area (Å²) < 4.78 is 64.0. The second-order valence-electron chi connectivity index (χ2n) is 8.68. The summed E-state index contributed by atoms with van der Waals surface area (Å²) in [6.45, 7) is 0.435. The number of nitrogens with zero attached hydrogens (tertiary/aromatic N) is 2. The van der Waals surface area contributed by atoms with E-state index in [0.29, 0.717) is 42.5 Å². The van der Waals surface area contributed by atoms with E-state index < -0.39 is 33.8 Å². The molecular formula is C25H24F3N5O4S. The first-order valence-electron chi connectivity index (χ1n) is 11.5. The van der Waals surface area contributed by atoms with Crippen molar-refractivity contribution in [2.75, 3.05) is 27.7 Å². The zero-order valence-electron chi connectivity index (χ0n) is 20.1. The van der Waals surface area contributed by atoms with E-state index in [0.717, 1.165) is 24.0 Å². The average Bonchev–Trinajstić information content (AvgIpc) is 2.85. The van der Waals surface area contributed by atoms with E-state index in [-0.39, 0.29) is 11.7 Å². The maximum Gasteiger partial charge on any atom is 0.417 e. The molecule has 0 saturated carbocycles. The molecule has 0 unspecified atom stereocenters. The van der Waals surface area contributed by atoms with Gasteiger partial charge < -0.3 is 10.2 Å². The van der Waals surface area contributed by atoms with Crippen LogP contribution in [0.25, 0.3) is 11.1 Å². The fourth-order valence-electron chi connectivity index (χ4n) is 4.06. The van der Waals surface area contributed by atoms with E-state index in [1.54, 1.807) is 48.5 Å². The molecule has 3 amide bonds. The van der Waals surface area contributed by atoms with E-state index in [4.69, 9.17) is 0 Å². The largest absolute Gasteiger partial charge is 0.417 e. The second-order valence-corrected chi connectivity index (χ2v) is 10.4. The first kappa shape index (κ1) is 26.9. The number of carbonyl (C=O) groups is 2. The molecule has 1 aliphatic rings. The molecule has 2 aromatic carbocycles. The van der Waals surface area contributed by atoms with Crippen LogP contribution in [-0.4, -0.2) is 44.2 Å². The van der Waals surface area contributed by atoms with Crippen LogP contribution in [0.3, 0.4) is 0 Å². The van der Waals surface area contributed by atoms with Gasteiger partial charge in [-0.1, -0.05) is 30.3 Å². The van der Waals surface area contributed by atoms with Crippen molar-refractivity contribution >= 4 is 39.2 Å². The van der Waals surface area contributed by atoms with Crippen LogP contribution >= 0.6 is 0 Å². The molecule has 13 heteroatoms. The van der Waals surface area contributed by atoms with Crippen LogP contribution in [0.1, 0.15) is 18.4 Å². The number of rotatable bonds is 6. The predicted octanol–water partition coefficient (Wildman–Crippen LogP) is 4.46. The molecule has 3 N–H and O–H groups in total. The molecule has 0 radical (unpaired) electrons. The highest BCUT2D eigenvalue weighted by Crippen LogP contribution is 2.31. The predicted molar refractivity (Wildman–Crippen MR) is 137 cm³/mol. The summed E-state index contributed by atoms with van der Waals surface area (Å²) in [5.41, 5.74) is 1.49. The second kappa shape index (κ2) is 10.7. The Kier molecular flexibility index (Phi) is 7.58. The van der Waals surface area contributed by atoms with Gasteiger partial charge in [-0.25, -0.2) is 18.2 Å². The maximum absolute atomic E-state index is 13.1. The summed E-state index contributed by atoms with van der Waals surface area (Å²) in [5.74, 6) is -0.421. The summed E-state index contributed by atoms with van der Waals surface area (Å²) in [6.07, 6.45) is -1.85. The topological polar surface area (TPSA) is 120 Å². The number of aromatic nitrogens is 1. The minimum Gasteiger partial charge on any atom is -0.326 e. The van der Waals surface area contributed by atoms with Gasteiger partial charge >= 0.3 is 12.2 Å². The van der Waals surface area contributed by atoms with Gasteiger partial charge in [-0.05, 0) is 48.7 Å². The van der Waals surface area contributed by atoms with Gasteiger partial charge in [-0.3, -0.25) is 14.8 Å². The highest BCUT2D eigenvalue weighted by Gasteiger charge is 2.32. The lowest BCUT2D eigenvalue weighted by molar-refractivity contribution is -0.137. The smallest absolute Gasteiger partial charge is 0.326 e. The number of anilines is 3. The molecule has 38 heavy (non-hydrogen) atoms. The fourth-order valence-corrected chi connectivity index (χ4v) is 4.63. The third-order valence-electron chi connectivity index (χ3n) is 5.79. The fraction of sp³-hybridized carbons (Fsp3) is 0.240. The van der Waals surface area contributed by atoms with Crippen molar-refractivity contribution in [3.63, 3.8) is 0 Å². The standard InChI is InChI=1S/C25H24F3N5O4S/c1-38(36,37)32-20-6-3-2-5-19(20)16-8-11-18(12-9-16)33-14-4-7-21(23(33)34)30-24(35)31-22-13-10-17(15-29-22)25(26,27)28/h2-3,5-6,8-13,15,21,32H,4,7,14H2,1H3,(H2,29,30,31,35)/t21-/m1/s1. The molecule has 0 spiro atoms. The normalized spacial score (nSPS) is 16.2. The molecule has 1 aliphatic heterocycles. The molecule has 1 aromatic heterocycles. The molecular weight excluding hydrogens is 523 g/mol. The zero-order chi connectivity index (χ0) is 27.5. The molecule has 200 valence electrons. The number of nitrogens with one attached hydrogen (secondary N) is 3. The number of benzene rings is 2. The monoisotopic (exact) mass is 547 g/mol. The van der Waals surface area contributed by atoms with Crippen molar-refractivity contribution in [1.29, 1.82) is 0 Å². The van der Waals surface area contributed by atoms with Crippen LogP contribution < -0.4 is 20.3 Å². The number of pyridine rings is 1. The SMILES string of the molecule is CS(=O)(=O)Nc1ccccc1-c1ccc(N2CCC[C@@H](NC(=O)Nc3ccc(C(F)(F)F)cn3)C2=O)cc1. The van der Waals surface area contributed by atoms with Gasteiger partial charge in [0.15, 0.2) is 0 Å². The number of para-hydroxylation sites is 1. The number of amides is 3. The average molecular weight is 548 g/mol. The molecule has 2 heterocycles. The molecule has 3 aromatic rings. The summed E-state index contributed by atoms with van der Waals surface area (Å²) in [7, 11) is -3.48. The van der Waals surface area contributed by atoms with Gasteiger partial charge in [0.1, 0.15) is 11.9 Å². The van der Waals surface area contributed by atoms with E-state index in [1.807, 2.05) is 0 Å². The highest BCUT2D eigenvalue weighted by atomic mass is 32.2. The lowest BCUT2D eigenvalue weighted by Crippen LogP contribution is -2.53. The summed E-state index contributed by atoms with van der Waals surface area (Å²) in [4.78, 5) is 30.6. The Labute approximate surface area is 217 Å². The first-order valence-corrected chi connectivity index (χ1v) is 13.4.